The van der Waals surface area contributed by atoms with Crippen molar-refractivity contribution in [1.29, 1.82) is 0 Å². The molecule has 2 atom stereocenters. The van der Waals surface area contributed by atoms with Crippen molar-refractivity contribution in [2.24, 2.45) is 5.41 Å². The minimum atomic E-state index is -0.619. The topological polar surface area (TPSA) is 55.8 Å². The van der Waals surface area contributed by atoms with Gasteiger partial charge < -0.3 is 14.6 Å². The lowest BCUT2D eigenvalue weighted by Gasteiger charge is -2.27. The van der Waals surface area contributed by atoms with Crippen LogP contribution in [-0.4, -0.2) is 29.4 Å². The zero-order valence-electron chi connectivity index (χ0n) is 24.7. The fourth-order valence-corrected chi connectivity index (χ4v) is 4.90. The highest BCUT2D eigenvalue weighted by Gasteiger charge is 2.23. The number of ether oxygens (including phenoxy) is 2. The summed E-state index contributed by atoms with van der Waals surface area (Å²) >= 11 is 5.81. The molecule has 0 aliphatic carbocycles. The Hall–Kier alpha value is -2.73. The second-order valence-corrected chi connectivity index (χ2v) is 12.8. The Labute approximate surface area is 243 Å². The lowest BCUT2D eigenvalue weighted by molar-refractivity contribution is -0.00933. The minimum absolute atomic E-state index is 0.122. The Morgan fingerprint density at radius 3 is 2.38 bits per heavy atom. The molecular formula is C34H42ClFO4. The Balaban J connectivity index is 1.61. The number of aliphatic hydroxyl groups excluding tert-OH is 1. The zero-order chi connectivity index (χ0) is 29.7. The molecular weight excluding hydrogens is 527 g/mol. The highest BCUT2D eigenvalue weighted by Crippen LogP contribution is 2.33. The molecule has 0 bridgehead atoms. The number of benzene rings is 3. The molecule has 0 radical (unpaired) electrons. The summed E-state index contributed by atoms with van der Waals surface area (Å²) in [5, 5.41) is 10.8. The molecule has 0 aliphatic rings. The molecule has 216 valence electrons. The van der Waals surface area contributed by atoms with Gasteiger partial charge in [0.15, 0.2) is 0 Å². The van der Waals surface area contributed by atoms with Gasteiger partial charge in [-0.1, -0.05) is 67.9 Å². The molecule has 0 aromatic heterocycles. The largest absolute Gasteiger partial charge is 0.456 e. The summed E-state index contributed by atoms with van der Waals surface area (Å²) in [5.74, 6) is -0.745. The van der Waals surface area contributed by atoms with Crippen LogP contribution in [0.5, 0.6) is 0 Å². The number of aryl methyl sites for hydroxylation is 1. The second kappa shape index (κ2) is 13.3. The second-order valence-electron chi connectivity index (χ2n) is 12.4. The van der Waals surface area contributed by atoms with Crippen LogP contribution in [0, 0.1) is 18.2 Å². The Morgan fingerprint density at radius 2 is 1.73 bits per heavy atom. The number of halogens is 2. The van der Waals surface area contributed by atoms with Crippen LogP contribution < -0.4 is 0 Å². The molecule has 0 unspecified atom stereocenters. The van der Waals surface area contributed by atoms with E-state index in [-0.39, 0.29) is 29.1 Å². The van der Waals surface area contributed by atoms with E-state index in [9.17, 15) is 14.3 Å². The number of hydrogen-bond donors (Lipinski definition) is 1. The minimum Gasteiger partial charge on any atom is -0.456 e. The third-order valence-electron chi connectivity index (χ3n) is 6.91. The van der Waals surface area contributed by atoms with Gasteiger partial charge in [0.2, 0.25) is 0 Å². The molecule has 0 heterocycles. The fourth-order valence-electron chi connectivity index (χ4n) is 4.78. The van der Waals surface area contributed by atoms with E-state index in [1.165, 1.54) is 6.07 Å². The Bertz CT molecular complexity index is 1310. The molecule has 0 amide bonds. The van der Waals surface area contributed by atoms with Gasteiger partial charge in [0.05, 0.1) is 29.4 Å². The summed E-state index contributed by atoms with van der Waals surface area (Å²) in [5.41, 5.74) is 4.60. The van der Waals surface area contributed by atoms with Crippen molar-refractivity contribution in [3.05, 3.63) is 93.8 Å². The molecule has 0 aliphatic heterocycles. The van der Waals surface area contributed by atoms with Crippen LogP contribution in [0.1, 0.15) is 87.5 Å². The highest BCUT2D eigenvalue weighted by molar-refractivity contribution is 6.30. The maximum atomic E-state index is 13.8. The SMILES string of the molecule is Cc1cc(-c2ccccc2[C@@H](C)OC[C@H](O)CCC(C)(C)Cc2ccc(Cl)c(F)c2)ccc1C(=O)OC(C)(C)C. The van der Waals surface area contributed by atoms with Crippen molar-refractivity contribution in [3.63, 3.8) is 0 Å². The first-order valence-electron chi connectivity index (χ1n) is 13.8. The standard InChI is InChI=1S/C34H42ClFO4/c1-22-18-25(13-14-27(22)32(38)40-33(3,4)5)29-11-9-8-10-28(29)23(2)39-21-26(37)16-17-34(6,7)20-24-12-15-30(35)31(36)19-24/h8-15,18-19,23,26,37H,16-17,20-21H2,1-7H3/t23-,26-/m1/s1. The molecule has 6 heteroatoms. The summed E-state index contributed by atoms with van der Waals surface area (Å²) in [7, 11) is 0. The third-order valence-corrected chi connectivity index (χ3v) is 7.22. The van der Waals surface area contributed by atoms with E-state index in [0.717, 1.165) is 34.2 Å². The molecule has 4 nitrogen and oxygen atoms in total. The Morgan fingerprint density at radius 1 is 1.02 bits per heavy atom. The Kier molecular flexibility index (Phi) is 10.6. The van der Waals surface area contributed by atoms with Crippen molar-refractivity contribution in [2.45, 2.75) is 85.5 Å². The lowest BCUT2D eigenvalue weighted by Crippen LogP contribution is -2.24. The molecule has 1 N–H and O–H groups in total. The van der Waals surface area contributed by atoms with E-state index in [2.05, 4.69) is 13.8 Å². The van der Waals surface area contributed by atoms with Crippen LogP contribution in [0.4, 0.5) is 4.39 Å². The number of carbonyl (C=O) groups excluding carboxylic acids is 1. The molecule has 0 spiro atoms. The molecule has 40 heavy (non-hydrogen) atoms. The number of hydrogen-bond acceptors (Lipinski definition) is 4. The maximum Gasteiger partial charge on any atom is 0.338 e. The van der Waals surface area contributed by atoms with Crippen molar-refractivity contribution in [3.8, 4) is 11.1 Å². The van der Waals surface area contributed by atoms with E-state index >= 15 is 0 Å². The number of carbonyl (C=O) groups is 1. The summed E-state index contributed by atoms with van der Waals surface area (Å²) < 4.78 is 25.5. The smallest absolute Gasteiger partial charge is 0.338 e. The molecule has 3 aromatic rings. The van der Waals surface area contributed by atoms with E-state index in [4.69, 9.17) is 21.1 Å². The van der Waals surface area contributed by atoms with Crippen LogP contribution >= 0.6 is 11.6 Å². The van der Waals surface area contributed by atoms with E-state index in [1.807, 2.05) is 83.1 Å². The number of esters is 1. The zero-order valence-corrected chi connectivity index (χ0v) is 25.4. The van der Waals surface area contributed by atoms with Gasteiger partial charge in [-0.15, -0.1) is 0 Å². The predicted octanol–water partition coefficient (Wildman–Crippen LogP) is 8.90. The first kappa shape index (κ1) is 31.8. The van der Waals surface area contributed by atoms with E-state index in [0.29, 0.717) is 18.4 Å². The summed E-state index contributed by atoms with van der Waals surface area (Å²) in [6, 6.07) is 18.7. The van der Waals surface area contributed by atoms with Gasteiger partial charge in [-0.05, 0) is 105 Å². The number of rotatable bonds is 11. The van der Waals surface area contributed by atoms with Gasteiger partial charge in [0.25, 0.3) is 0 Å². The van der Waals surface area contributed by atoms with Crippen LogP contribution in [0.15, 0.2) is 60.7 Å². The third kappa shape index (κ3) is 9.15. The van der Waals surface area contributed by atoms with Crippen LogP contribution in [0.2, 0.25) is 5.02 Å². The quantitative estimate of drug-likeness (QED) is 0.235. The van der Waals surface area contributed by atoms with Gasteiger partial charge in [-0.2, -0.15) is 0 Å². The molecule has 0 saturated carbocycles. The monoisotopic (exact) mass is 568 g/mol. The van der Waals surface area contributed by atoms with Crippen LogP contribution in [-0.2, 0) is 15.9 Å². The molecule has 0 fully saturated rings. The summed E-state index contributed by atoms with van der Waals surface area (Å²) in [4.78, 5) is 12.6. The average Bonchev–Trinajstić information content (AvgIpc) is 2.87. The van der Waals surface area contributed by atoms with Crippen LogP contribution in [0.25, 0.3) is 11.1 Å². The van der Waals surface area contributed by atoms with Crippen molar-refractivity contribution in [1.82, 2.24) is 0 Å². The van der Waals surface area contributed by atoms with Crippen molar-refractivity contribution in [2.75, 3.05) is 6.61 Å². The number of aliphatic hydroxyl groups is 1. The van der Waals surface area contributed by atoms with Gasteiger partial charge in [0, 0.05) is 0 Å². The molecule has 0 saturated heterocycles. The first-order valence-corrected chi connectivity index (χ1v) is 14.2. The van der Waals surface area contributed by atoms with Crippen LogP contribution in [0.3, 0.4) is 0 Å². The molecule has 3 rings (SSSR count). The predicted molar refractivity (Wildman–Crippen MR) is 160 cm³/mol. The van der Waals surface area contributed by atoms with Gasteiger partial charge in [-0.25, -0.2) is 9.18 Å². The van der Waals surface area contributed by atoms with Gasteiger partial charge in [0.1, 0.15) is 11.4 Å². The average molecular weight is 569 g/mol. The van der Waals surface area contributed by atoms with Gasteiger partial charge >= 0.3 is 5.97 Å². The summed E-state index contributed by atoms with van der Waals surface area (Å²) in [6.07, 6.45) is 1.15. The first-order chi connectivity index (χ1) is 18.6. The van der Waals surface area contributed by atoms with E-state index in [1.54, 1.807) is 6.07 Å². The molecule has 3 aromatic carbocycles. The van der Waals surface area contributed by atoms with Gasteiger partial charge in [-0.3, -0.25) is 0 Å². The normalized spacial score (nSPS) is 13.7. The summed E-state index contributed by atoms with van der Waals surface area (Å²) in [6.45, 7) is 13.9. The van der Waals surface area contributed by atoms with E-state index < -0.39 is 17.5 Å². The maximum absolute atomic E-state index is 13.8. The lowest BCUT2D eigenvalue weighted by atomic mass is 9.81. The fraction of sp³-hybridized carbons (Fsp3) is 0.441. The van der Waals surface area contributed by atoms with Crippen molar-refractivity contribution >= 4 is 17.6 Å². The van der Waals surface area contributed by atoms with Crippen molar-refractivity contribution < 1.29 is 23.8 Å². The highest BCUT2D eigenvalue weighted by atomic mass is 35.5.